The molecule has 0 saturated carbocycles. The van der Waals surface area contributed by atoms with Crippen LogP contribution in [0.3, 0.4) is 0 Å². The standard InChI is InChI=1S/C14H21NO3/c1-10(2)12-6-4-11(5-7-12)8-15-9-14(3,18)13(16)17/h4-7,10,15,18H,8-9H2,1-3H3,(H,16,17). The van der Waals surface area contributed by atoms with E-state index in [0.29, 0.717) is 12.5 Å². The molecule has 1 atom stereocenters. The van der Waals surface area contributed by atoms with Crippen LogP contribution in [0, 0.1) is 0 Å². The second-order valence-corrected chi connectivity index (χ2v) is 5.08. The van der Waals surface area contributed by atoms with E-state index in [1.165, 1.54) is 12.5 Å². The molecule has 0 radical (unpaired) electrons. The summed E-state index contributed by atoms with van der Waals surface area (Å²) < 4.78 is 0. The Morgan fingerprint density at radius 1 is 1.33 bits per heavy atom. The molecular formula is C14H21NO3. The number of nitrogens with one attached hydrogen (secondary N) is 1. The average Bonchev–Trinajstić information content (AvgIpc) is 2.29. The Balaban J connectivity index is 2.47. The molecule has 1 unspecified atom stereocenters. The fourth-order valence-electron chi connectivity index (χ4n) is 1.55. The fraction of sp³-hybridized carbons (Fsp3) is 0.500. The molecule has 1 aromatic carbocycles. The average molecular weight is 251 g/mol. The summed E-state index contributed by atoms with van der Waals surface area (Å²) in [5.74, 6) is -0.718. The number of rotatable bonds is 6. The summed E-state index contributed by atoms with van der Waals surface area (Å²) in [5, 5.41) is 21.2. The molecule has 0 fully saturated rings. The van der Waals surface area contributed by atoms with E-state index in [2.05, 4.69) is 31.3 Å². The van der Waals surface area contributed by atoms with Gasteiger partial charge in [0.05, 0.1) is 0 Å². The lowest BCUT2D eigenvalue weighted by Crippen LogP contribution is -2.44. The Morgan fingerprint density at radius 2 is 1.89 bits per heavy atom. The van der Waals surface area contributed by atoms with E-state index in [0.717, 1.165) is 5.56 Å². The molecule has 3 N–H and O–H groups in total. The Morgan fingerprint density at radius 3 is 2.33 bits per heavy atom. The van der Waals surface area contributed by atoms with E-state index in [-0.39, 0.29) is 6.54 Å². The van der Waals surface area contributed by atoms with Crippen LogP contribution in [0.2, 0.25) is 0 Å². The van der Waals surface area contributed by atoms with E-state index < -0.39 is 11.6 Å². The van der Waals surface area contributed by atoms with Crippen molar-refractivity contribution in [3.8, 4) is 0 Å². The molecule has 0 aliphatic carbocycles. The zero-order valence-corrected chi connectivity index (χ0v) is 11.1. The highest BCUT2D eigenvalue weighted by molar-refractivity contribution is 5.76. The second kappa shape index (κ2) is 5.98. The smallest absolute Gasteiger partial charge is 0.336 e. The van der Waals surface area contributed by atoms with Crippen molar-refractivity contribution in [1.82, 2.24) is 5.32 Å². The van der Waals surface area contributed by atoms with Crippen LogP contribution in [0.25, 0.3) is 0 Å². The quantitative estimate of drug-likeness (QED) is 0.720. The lowest BCUT2D eigenvalue weighted by atomic mass is 10.0. The summed E-state index contributed by atoms with van der Waals surface area (Å²) in [7, 11) is 0. The van der Waals surface area contributed by atoms with Crippen molar-refractivity contribution in [3.63, 3.8) is 0 Å². The van der Waals surface area contributed by atoms with Crippen LogP contribution in [-0.2, 0) is 11.3 Å². The minimum atomic E-state index is -1.72. The van der Waals surface area contributed by atoms with Crippen LogP contribution in [0.15, 0.2) is 24.3 Å². The van der Waals surface area contributed by atoms with Crippen LogP contribution in [-0.4, -0.2) is 28.3 Å². The molecule has 0 aliphatic rings. The van der Waals surface area contributed by atoms with Gasteiger partial charge in [-0.25, -0.2) is 4.79 Å². The maximum atomic E-state index is 10.7. The summed E-state index contributed by atoms with van der Waals surface area (Å²) in [5.41, 5.74) is 0.620. The van der Waals surface area contributed by atoms with Gasteiger partial charge in [0.2, 0.25) is 0 Å². The summed E-state index contributed by atoms with van der Waals surface area (Å²) in [6.45, 7) is 6.12. The van der Waals surface area contributed by atoms with Gasteiger partial charge >= 0.3 is 5.97 Å². The molecule has 1 aromatic rings. The van der Waals surface area contributed by atoms with E-state index in [9.17, 15) is 9.90 Å². The van der Waals surface area contributed by atoms with Crippen molar-refractivity contribution < 1.29 is 15.0 Å². The minimum absolute atomic E-state index is 0.0221. The zero-order chi connectivity index (χ0) is 13.8. The summed E-state index contributed by atoms with van der Waals surface area (Å²) >= 11 is 0. The number of hydrogen-bond acceptors (Lipinski definition) is 3. The SMILES string of the molecule is CC(C)c1ccc(CNCC(C)(O)C(=O)O)cc1. The van der Waals surface area contributed by atoms with Crippen molar-refractivity contribution >= 4 is 5.97 Å². The lowest BCUT2D eigenvalue weighted by Gasteiger charge is -2.18. The Hall–Kier alpha value is -1.39. The van der Waals surface area contributed by atoms with Crippen LogP contribution in [0.5, 0.6) is 0 Å². The first-order valence-electron chi connectivity index (χ1n) is 6.08. The molecule has 0 aromatic heterocycles. The number of hydrogen-bond donors (Lipinski definition) is 3. The number of carbonyl (C=O) groups is 1. The topological polar surface area (TPSA) is 69.6 Å². The summed E-state index contributed by atoms with van der Waals surface area (Å²) in [6.07, 6.45) is 0. The van der Waals surface area contributed by atoms with Crippen LogP contribution in [0.1, 0.15) is 37.8 Å². The monoisotopic (exact) mass is 251 g/mol. The molecule has 4 nitrogen and oxygen atoms in total. The third kappa shape index (κ3) is 4.13. The predicted molar refractivity (Wildman–Crippen MR) is 70.5 cm³/mol. The first-order valence-corrected chi connectivity index (χ1v) is 6.08. The third-order valence-corrected chi connectivity index (χ3v) is 2.91. The van der Waals surface area contributed by atoms with Crippen molar-refractivity contribution in [3.05, 3.63) is 35.4 Å². The normalized spacial score (nSPS) is 14.5. The van der Waals surface area contributed by atoms with E-state index in [4.69, 9.17) is 5.11 Å². The van der Waals surface area contributed by atoms with Gasteiger partial charge in [-0.15, -0.1) is 0 Å². The fourth-order valence-corrected chi connectivity index (χ4v) is 1.55. The van der Waals surface area contributed by atoms with E-state index in [1.54, 1.807) is 0 Å². The molecular weight excluding hydrogens is 230 g/mol. The highest BCUT2D eigenvalue weighted by Gasteiger charge is 2.28. The maximum absolute atomic E-state index is 10.7. The highest BCUT2D eigenvalue weighted by Crippen LogP contribution is 2.14. The van der Waals surface area contributed by atoms with Crippen molar-refractivity contribution in [2.24, 2.45) is 0 Å². The van der Waals surface area contributed by atoms with Gasteiger partial charge in [-0.2, -0.15) is 0 Å². The summed E-state index contributed by atoms with van der Waals surface area (Å²) in [4.78, 5) is 10.7. The maximum Gasteiger partial charge on any atom is 0.336 e. The molecule has 4 heteroatoms. The van der Waals surface area contributed by atoms with Gasteiger partial charge in [0.1, 0.15) is 0 Å². The van der Waals surface area contributed by atoms with Crippen LogP contribution in [0.4, 0.5) is 0 Å². The van der Waals surface area contributed by atoms with Gasteiger partial charge in [-0.05, 0) is 24.0 Å². The zero-order valence-electron chi connectivity index (χ0n) is 11.1. The van der Waals surface area contributed by atoms with Gasteiger partial charge in [0.25, 0.3) is 0 Å². The number of carboxylic acids is 1. The largest absolute Gasteiger partial charge is 0.479 e. The van der Waals surface area contributed by atoms with Gasteiger partial charge in [0.15, 0.2) is 5.60 Å². The highest BCUT2D eigenvalue weighted by atomic mass is 16.4. The first kappa shape index (κ1) is 14.7. The van der Waals surface area contributed by atoms with E-state index >= 15 is 0 Å². The van der Waals surface area contributed by atoms with Crippen LogP contribution < -0.4 is 5.32 Å². The van der Waals surface area contributed by atoms with Crippen LogP contribution >= 0.6 is 0 Å². The number of aliphatic hydroxyl groups is 1. The van der Waals surface area contributed by atoms with Crippen molar-refractivity contribution in [2.75, 3.05) is 6.54 Å². The summed E-state index contributed by atoms with van der Waals surface area (Å²) in [6, 6.07) is 8.16. The lowest BCUT2D eigenvalue weighted by molar-refractivity contribution is -0.156. The third-order valence-electron chi connectivity index (χ3n) is 2.91. The Bertz CT molecular complexity index is 396. The number of benzene rings is 1. The van der Waals surface area contributed by atoms with Gasteiger partial charge in [-0.3, -0.25) is 0 Å². The number of aliphatic carboxylic acids is 1. The predicted octanol–water partition coefficient (Wildman–Crippen LogP) is 1.74. The van der Waals surface area contributed by atoms with Gasteiger partial charge in [0, 0.05) is 13.1 Å². The molecule has 0 spiro atoms. The van der Waals surface area contributed by atoms with E-state index in [1.807, 2.05) is 12.1 Å². The molecule has 0 bridgehead atoms. The second-order valence-electron chi connectivity index (χ2n) is 5.08. The van der Waals surface area contributed by atoms with Crippen molar-refractivity contribution in [2.45, 2.75) is 38.8 Å². The molecule has 0 aliphatic heterocycles. The number of carboxylic acid groups (broad SMARTS) is 1. The molecule has 0 saturated heterocycles. The molecule has 1 rings (SSSR count). The van der Waals surface area contributed by atoms with Crippen molar-refractivity contribution in [1.29, 1.82) is 0 Å². The Labute approximate surface area is 108 Å². The van der Waals surface area contributed by atoms with Gasteiger partial charge in [-0.1, -0.05) is 38.1 Å². The minimum Gasteiger partial charge on any atom is -0.479 e. The molecule has 0 amide bonds. The molecule has 0 heterocycles. The molecule has 100 valence electrons. The first-order chi connectivity index (χ1) is 8.33. The van der Waals surface area contributed by atoms with Gasteiger partial charge < -0.3 is 15.5 Å². The molecule has 18 heavy (non-hydrogen) atoms. The Kier molecular flexibility index (Phi) is 4.87.